The van der Waals surface area contributed by atoms with E-state index < -0.39 is 0 Å². The van der Waals surface area contributed by atoms with E-state index in [0.29, 0.717) is 24.7 Å². The Labute approximate surface area is 188 Å². The molecule has 3 N–H and O–H groups in total. The van der Waals surface area contributed by atoms with Crippen LogP contribution in [0.5, 0.6) is 0 Å². The van der Waals surface area contributed by atoms with Crippen LogP contribution in [0.4, 0.5) is 0 Å². The van der Waals surface area contributed by atoms with Crippen LogP contribution in [0.3, 0.4) is 0 Å². The Bertz CT molecular complexity index is 1060. The first-order valence-electron chi connectivity index (χ1n) is 10.8. The van der Waals surface area contributed by atoms with Gasteiger partial charge < -0.3 is 10.8 Å². The highest BCUT2D eigenvalue weighted by atomic mass is 35.5. The summed E-state index contributed by atoms with van der Waals surface area (Å²) in [6.45, 7) is 3.90. The molecule has 6 heteroatoms. The lowest BCUT2D eigenvalue weighted by Crippen LogP contribution is -2.32. The van der Waals surface area contributed by atoms with Crippen LogP contribution in [0.15, 0.2) is 48.8 Å². The molecule has 0 bridgehead atoms. The van der Waals surface area contributed by atoms with Gasteiger partial charge in [-0.05, 0) is 66.1 Å². The Kier molecular flexibility index (Phi) is 6.98. The van der Waals surface area contributed by atoms with Gasteiger partial charge in [0.1, 0.15) is 0 Å². The smallest absolute Gasteiger partial charge is 0.0685 e. The summed E-state index contributed by atoms with van der Waals surface area (Å²) in [6.07, 6.45) is 6.84. The highest BCUT2D eigenvalue weighted by Gasteiger charge is 2.28. The van der Waals surface area contributed by atoms with Crippen molar-refractivity contribution < 1.29 is 5.11 Å². The standard InChI is InChI=1S/C25H29ClN4O/c1-17-10-22(26)13-29-23(17)15-30(14-20-8-7-18(12-27)11-21(20)16-31)24-6-2-4-19-5-3-9-28-25(19)24/h3,5,7-11,13,24,31H,2,4,6,12,14-16,27H2,1H3. The Morgan fingerprint density at radius 2 is 2.03 bits per heavy atom. The number of aromatic nitrogens is 2. The first-order chi connectivity index (χ1) is 15.1. The fourth-order valence-corrected chi connectivity index (χ4v) is 4.68. The molecule has 0 aliphatic heterocycles. The van der Waals surface area contributed by atoms with Gasteiger partial charge in [-0.2, -0.15) is 0 Å². The number of halogens is 1. The fourth-order valence-electron chi connectivity index (χ4n) is 4.47. The molecule has 0 radical (unpaired) electrons. The van der Waals surface area contributed by atoms with Crippen LogP contribution in [-0.4, -0.2) is 20.0 Å². The molecule has 1 aromatic carbocycles. The number of rotatable bonds is 7. The molecule has 1 aliphatic carbocycles. The molecule has 0 fully saturated rings. The van der Waals surface area contributed by atoms with Crippen molar-refractivity contribution in [2.24, 2.45) is 5.73 Å². The topological polar surface area (TPSA) is 75.3 Å². The number of aliphatic hydroxyl groups excluding tert-OH is 1. The van der Waals surface area contributed by atoms with Crippen molar-refractivity contribution in [1.29, 1.82) is 0 Å². The van der Waals surface area contributed by atoms with Gasteiger partial charge in [0.15, 0.2) is 0 Å². The SMILES string of the molecule is Cc1cc(Cl)cnc1CN(Cc1ccc(CN)cc1CO)C1CCCc2cccnc21. The minimum atomic E-state index is -0.00522. The van der Waals surface area contributed by atoms with Crippen LogP contribution in [-0.2, 0) is 32.7 Å². The van der Waals surface area contributed by atoms with E-state index >= 15 is 0 Å². The number of fused-ring (bicyclic) bond motifs is 1. The maximum absolute atomic E-state index is 9.99. The van der Waals surface area contributed by atoms with Crippen molar-refractivity contribution in [2.75, 3.05) is 0 Å². The Morgan fingerprint density at radius 1 is 1.16 bits per heavy atom. The maximum Gasteiger partial charge on any atom is 0.0685 e. The van der Waals surface area contributed by atoms with Gasteiger partial charge in [-0.3, -0.25) is 14.9 Å². The zero-order valence-electron chi connectivity index (χ0n) is 17.9. The number of benzene rings is 1. The predicted molar refractivity (Wildman–Crippen MR) is 123 cm³/mol. The van der Waals surface area contributed by atoms with E-state index in [1.54, 1.807) is 6.20 Å². The van der Waals surface area contributed by atoms with Crippen molar-refractivity contribution in [3.05, 3.63) is 93.0 Å². The van der Waals surface area contributed by atoms with E-state index in [9.17, 15) is 5.11 Å². The summed E-state index contributed by atoms with van der Waals surface area (Å²) < 4.78 is 0. The number of aryl methyl sites for hydroxylation is 2. The third kappa shape index (κ3) is 4.96. The molecule has 4 rings (SSSR count). The number of hydrogen-bond donors (Lipinski definition) is 2. The van der Waals surface area contributed by atoms with Gasteiger partial charge in [-0.15, -0.1) is 0 Å². The largest absolute Gasteiger partial charge is 0.392 e. The van der Waals surface area contributed by atoms with Crippen LogP contribution in [0.2, 0.25) is 5.02 Å². The molecule has 0 saturated carbocycles. The van der Waals surface area contributed by atoms with E-state index in [2.05, 4.69) is 28.9 Å². The van der Waals surface area contributed by atoms with Crippen molar-refractivity contribution in [3.8, 4) is 0 Å². The van der Waals surface area contributed by atoms with Gasteiger partial charge in [0.2, 0.25) is 0 Å². The molecule has 3 aromatic rings. The van der Waals surface area contributed by atoms with Gasteiger partial charge in [0, 0.05) is 32.0 Å². The van der Waals surface area contributed by atoms with Crippen LogP contribution < -0.4 is 5.73 Å². The van der Waals surface area contributed by atoms with E-state index in [1.807, 2.05) is 30.5 Å². The first-order valence-corrected chi connectivity index (χ1v) is 11.2. The summed E-state index contributed by atoms with van der Waals surface area (Å²) in [5.74, 6) is 0. The summed E-state index contributed by atoms with van der Waals surface area (Å²) in [5, 5.41) is 10.6. The molecule has 0 spiro atoms. The Balaban J connectivity index is 1.71. The molecule has 5 nitrogen and oxygen atoms in total. The summed E-state index contributed by atoms with van der Waals surface area (Å²) in [7, 11) is 0. The minimum Gasteiger partial charge on any atom is -0.392 e. The summed E-state index contributed by atoms with van der Waals surface area (Å²) in [4.78, 5) is 11.8. The van der Waals surface area contributed by atoms with Crippen LogP contribution >= 0.6 is 11.6 Å². The average molecular weight is 437 g/mol. The third-order valence-electron chi connectivity index (χ3n) is 6.16. The lowest BCUT2D eigenvalue weighted by atomic mass is 9.90. The highest BCUT2D eigenvalue weighted by molar-refractivity contribution is 6.30. The molecular weight excluding hydrogens is 408 g/mol. The van der Waals surface area contributed by atoms with Crippen molar-refractivity contribution in [1.82, 2.24) is 14.9 Å². The van der Waals surface area contributed by atoms with E-state index in [4.69, 9.17) is 22.3 Å². The Hall–Kier alpha value is -2.31. The van der Waals surface area contributed by atoms with E-state index in [-0.39, 0.29) is 12.6 Å². The molecule has 1 unspecified atom stereocenters. The molecule has 2 aromatic heterocycles. The zero-order chi connectivity index (χ0) is 21.8. The third-order valence-corrected chi connectivity index (χ3v) is 6.37. The van der Waals surface area contributed by atoms with Gasteiger partial charge in [0.25, 0.3) is 0 Å². The number of nitrogens with zero attached hydrogens (tertiary/aromatic N) is 3. The minimum absolute atomic E-state index is 0.00522. The lowest BCUT2D eigenvalue weighted by molar-refractivity contribution is 0.153. The molecule has 1 atom stereocenters. The number of hydrogen-bond acceptors (Lipinski definition) is 5. The van der Waals surface area contributed by atoms with Gasteiger partial charge in [-0.25, -0.2) is 0 Å². The summed E-state index contributed by atoms with van der Waals surface area (Å²) in [5.41, 5.74) is 13.4. The quantitative estimate of drug-likeness (QED) is 0.571. The second kappa shape index (κ2) is 9.88. The van der Waals surface area contributed by atoms with Crippen molar-refractivity contribution in [2.45, 2.75) is 58.5 Å². The lowest BCUT2D eigenvalue weighted by Gasteiger charge is -2.35. The number of nitrogens with two attached hydrogens (primary N) is 1. The molecule has 0 saturated heterocycles. The predicted octanol–water partition coefficient (Wildman–Crippen LogP) is 4.47. The van der Waals surface area contributed by atoms with Crippen LogP contribution in [0.25, 0.3) is 0 Å². The molecule has 2 heterocycles. The Morgan fingerprint density at radius 3 is 2.81 bits per heavy atom. The van der Waals surface area contributed by atoms with E-state index in [0.717, 1.165) is 52.9 Å². The van der Waals surface area contributed by atoms with Gasteiger partial charge >= 0.3 is 0 Å². The molecular formula is C25H29ClN4O. The van der Waals surface area contributed by atoms with Gasteiger partial charge in [0.05, 0.1) is 29.1 Å². The average Bonchev–Trinajstić information content (AvgIpc) is 2.80. The monoisotopic (exact) mass is 436 g/mol. The number of aliphatic hydroxyl groups is 1. The van der Waals surface area contributed by atoms with Crippen molar-refractivity contribution >= 4 is 11.6 Å². The zero-order valence-corrected chi connectivity index (χ0v) is 18.6. The fraction of sp³-hybridized carbons (Fsp3) is 0.360. The summed E-state index contributed by atoms with van der Waals surface area (Å²) >= 11 is 6.14. The second-order valence-corrected chi connectivity index (χ2v) is 8.68. The highest BCUT2D eigenvalue weighted by Crippen LogP contribution is 2.35. The molecule has 162 valence electrons. The maximum atomic E-state index is 9.99. The molecule has 0 amide bonds. The normalized spacial score (nSPS) is 15.8. The molecule has 1 aliphatic rings. The number of pyridine rings is 2. The van der Waals surface area contributed by atoms with Gasteiger partial charge in [-0.1, -0.05) is 35.9 Å². The van der Waals surface area contributed by atoms with Crippen molar-refractivity contribution in [3.63, 3.8) is 0 Å². The first kappa shape index (κ1) is 21.9. The van der Waals surface area contributed by atoms with Crippen LogP contribution in [0, 0.1) is 6.92 Å². The van der Waals surface area contributed by atoms with E-state index in [1.165, 1.54) is 5.56 Å². The summed E-state index contributed by atoms with van der Waals surface area (Å²) in [6, 6.07) is 12.5. The second-order valence-electron chi connectivity index (χ2n) is 8.24. The molecule has 31 heavy (non-hydrogen) atoms. The van der Waals surface area contributed by atoms with Crippen LogP contribution in [0.1, 0.15) is 58.1 Å².